The molecule has 1 rings (SSSR count). The molecule has 0 aromatic carbocycles. The minimum Gasteiger partial charge on any atom is -0.395 e. The van der Waals surface area contributed by atoms with Gasteiger partial charge in [0.2, 0.25) is 5.91 Å². The summed E-state index contributed by atoms with van der Waals surface area (Å²) in [6.07, 6.45) is 3.27. The molecule has 15 heavy (non-hydrogen) atoms. The molecule has 0 aliphatic carbocycles. The molecule has 0 spiro atoms. The monoisotopic (exact) mass is 233 g/mol. The van der Waals surface area contributed by atoms with E-state index in [0.29, 0.717) is 0 Å². The maximum Gasteiger partial charge on any atom is 0.238 e. The van der Waals surface area contributed by atoms with Crippen LogP contribution in [0.3, 0.4) is 0 Å². The smallest absolute Gasteiger partial charge is 0.238 e. The van der Waals surface area contributed by atoms with Crippen LogP contribution in [0.4, 0.5) is 0 Å². The topological polar surface area (TPSA) is 57.6 Å². The highest BCUT2D eigenvalue weighted by molar-refractivity contribution is 7.86. The lowest BCUT2D eigenvalue weighted by molar-refractivity contribution is -0.131. The Morgan fingerprint density at radius 2 is 2.00 bits per heavy atom. The van der Waals surface area contributed by atoms with E-state index in [9.17, 15) is 9.00 Å². The molecule has 1 aliphatic rings. The molecule has 0 radical (unpaired) electrons. The lowest BCUT2D eigenvalue weighted by Crippen LogP contribution is -2.43. The Labute approximate surface area is 93.1 Å². The molecule has 2 unspecified atom stereocenters. The lowest BCUT2D eigenvalue weighted by atomic mass is 10.1. The van der Waals surface area contributed by atoms with Gasteiger partial charge in [-0.3, -0.25) is 9.00 Å². The van der Waals surface area contributed by atoms with Crippen molar-refractivity contribution in [2.75, 3.05) is 25.4 Å². The van der Waals surface area contributed by atoms with Crippen LogP contribution in [0.1, 0.15) is 26.2 Å². The van der Waals surface area contributed by atoms with Crippen LogP contribution in [-0.2, 0) is 15.6 Å². The molecule has 1 heterocycles. The Hall–Kier alpha value is -0.420. The third kappa shape index (κ3) is 3.57. The van der Waals surface area contributed by atoms with Gasteiger partial charge >= 0.3 is 0 Å². The van der Waals surface area contributed by atoms with E-state index >= 15 is 0 Å². The largest absolute Gasteiger partial charge is 0.395 e. The predicted octanol–water partition coefficient (Wildman–Crippen LogP) is 0.128. The molecule has 88 valence electrons. The first kappa shape index (κ1) is 12.6. The van der Waals surface area contributed by atoms with Gasteiger partial charge in [0.25, 0.3) is 0 Å². The molecule has 1 N–H and O–H groups in total. The van der Waals surface area contributed by atoms with Crippen LogP contribution >= 0.6 is 0 Å². The summed E-state index contributed by atoms with van der Waals surface area (Å²) in [5.74, 6) is 0.169. The van der Waals surface area contributed by atoms with Crippen LogP contribution < -0.4 is 0 Å². The van der Waals surface area contributed by atoms with Crippen molar-refractivity contribution >= 4 is 16.7 Å². The van der Waals surface area contributed by atoms with Gasteiger partial charge in [0, 0.05) is 29.6 Å². The molecule has 5 heteroatoms. The summed E-state index contributed by atoms with van der Waals surface area (Å²) in [6.45, 7) is 3.14. The zero-order chi connectivity index (χ0) is 11.3. The van der Waals surface area contributed by atoms with E-state index in [1.165, 1.54) is 6.42 Å². The van der Waals surface area contributed by atoms with Crippen LogP contribution in [-0.4, -0.2) is 50.8 Å². The Balaban J connectivity index is 2.47. The van der Waals surface area contributed by atoms with Crippen LogP contribution in [0.2, 0.25) is 0 Å². The number of carbonyl (C=O) groups is 1. The standard InChI is InChI=1S/C10H19NO3S/c1-9(15(14)8-7-12)10(13)11-5-3-2-4-6-11/h9,12H,2-8H2,1H3. The van der Waals surface area contributed by atoms with E-state index < -0.39 is 16.0 Å². The summed E-state index contributed by atoms with van der Waals surface area (Å²) >= 11 is 0. The maximum atomic E-state index is 11.9. The summed E-state index contributed by atoms with van der Waals surface area (Å²) in [7, 11) is -1.24. The van der Waals surface area contributed by atoms with Gasteiger partial charge in [0.1, 0.15) is 5.25 Å². The highest BCUT2D eigenvalue weighted by Crippen LogP contribution is 2.11. The van der Waals surface area contributed by atoms with E-state index in [4.69, 9.17) is 5.11 Å². The molecule has 0 bridgehead atoms. The summed E-state index contributed by atoms with van der Waals surface area (Å²) in [5, 5.41) is 8.18. The van der Waals surface area contributed by atoms with E-state index in [0.717, 1.165) is 25.9 Å². The molecule has 0 saturated carbocycles. The maximum absolute atomic E-state index is 11.9. The summed E-state index contributed by atoms with van der Waals surface area (Å²) in [4.78, 5) is 13.7. The van der Waals surface area contributed by atoms with Crippen LogP contribution in [0, 0.1) is 0 Å². The average Bonchev–Trinajstić information content (AvgIpc) is 2.28. The Morgan fingerprint density at radius 3 is 2.53 bits per heavy atom. The van der Waals surface area contributed by atoms with E-state index in [1.54, 1.807) is 11.8 Å². The number of hydrogen-bond donors (Lipinski definition) is 1. The first-order valence-electron chi connectivity index (χ1n) is 5.43. The molecular formula is C10H19NO3S. The van der Waals surface area contributed by atoms with Crippen molar-refractivity contribution < 1.29 is 14.1 Å². The SMILES string of the molecule is CC(C(=O)N1CCCCC1)S(=O)CCO. The minimum atomic E-state index is -1.24. The highest BCUT2D eigenvalue weighted by atomic mass is 32.2. The third-order valence-electron chi connectivity index (χ3n) is 2.70. The molecule has 1 amide bonds. The molecular weight excluding hydrogens is 214 g/mol. The predicted molar refractivity (Wildman–Crippen MR) is 60.0 cm³/mol. The number of rotatable bonds is 4. The number of hydrogen-bond acceptors (Lipinski definition) is 3. The van der Waals surface area contributed by atoms with Crippen molar-refractivity contribution in [1.29, 1.82) is 0 Å². The number of amides is 1. The number of nitrogens with zero attached hydrogens (tertiary/aromatic N) is 1. The highest BCUT2D eigenvalue weighted by Gasteiger charge is 2.25. The van der Waals surface area contributed by atoms with E-state index in [-0.39, 0.29) is 18.3 Å². The number of piperidine rings is 1. The fraction of sp³-hybridized carbons (Fsp3) is 0.900. The van der Waals surface area contributed by atoms with Gasteiger partial charge in [-0.05, 0) is 26.2 Å². The average molecular weight is 233 g/mol. The molecule has 2 atom stereocenters. The summed E-state index contributed by atoms with van der Waals surface area (Å²) in [6, 6.07) is 0. The fourth-order valence-corrected chi connectivity index (χ4v) is 2.66. The van der Waals surface area contributed by atoms with Crippen molar-refractivity contribution in [2.45, 2.75) is 31.4 Å². The number of aliphatic hydroxyl groups excluding tert-OH is 1. The molecule has 4 nitrogen and oxygen atoms in total. The molecule has 1 aliphatic heterocycles. The van der Waals surface area contributed by atoms with Crippen LogP contribution in [0.5, 0.6) is 0 Å². The zero-order valence-corrected chi connectivity index (χ0v) is 9.96. The van der Waals surface area contributed by atoms with Gasteiger partial charge < -0.3 is 10.0 Å². The Morgan fingerprint density at radius 1 is 1.40 bits per heavy atom. The normalized spacial score (nSPS) is 21.1. The van der Waals surface area contributed by atoms with Crippen molar-refractivity contribution in [3.05, 3.63) is 0 Å². The second kappa shape index (κ2) is 6.23. The number of likely N-dealkylation sites (tertiary alicyclic amines) is 1. The summed E-state index contributed by atoms with van der Waals surface area (Å²) in [5.41, 5.74) is 0. The second-order valence-electron chi connectivity index (χ2n) is 3.84. The molecule has 0 aromatic rings. The van der Waals surface area contributed by atoms with Crippen molar-refractivity contribution in [3.8, 4) is 0 Å². The molecule has 0 aromatic heterocycles. The van der Waals surface area contributed by atoms with Crippen LogP contribution in [0.25, 0.3) is 0 Å². The summed E-state index contributed by atoms with van der Waals surface area (Å²) < 4.78 is 11.5. The van der Waals surface area contributed by atoms with Gasteiger partial charge in [-0.1, -0.05) is 0 Å². The zero-order valence-electron chi connectivity index (χ0n) is 9.15. The first-order chi connectivity index (χ1) is 7.16. The second-order valence-corrected chi connectivity index (χ2v) is 5.71. The van der Waals surface area contributed by atoms with Gasteiger partial charge in [-0.2, -0.15) is 0 Å². The molecule has 1 saturated heterocycles. The van der Waals surface area contributed by atoms with Crippen molar-refractivity contribution in [3.63, 3.8) is 0 Å². The van der Waals surface area contributed by atoms with Crippen LogP contribution in [0.15, 0.2) is 0 Å². The van der Waals surface area contributed by atoms with E-state index in [2.05, 4.69) is 0 Å². The lowest BCUT2D eigenvalue weighted by Gasteiger charge is -2.28. The van der Waals surface area contributed by atoms with Gasteiger partial charge in [-0.15, -0.1) is 0 Å². The van der Waals surface area contributed by atoms with Crippen molar-refractivity contribution in [2.24, 2.45) is 0 Å². The number of aliphatic hydroxyl groups is 1. The minimum absolute atomic E-state index is 0.0264. The quantitative estimate of drug-likeness (QED) is 0.751. The fourth-order valence-electron chi connectivity index (χ4n) is 1.75. The van der Waals surface area contributed by atoms with Gasteiger partial charge in [0.15, 0.2) is 0 Å². The number of carbonyl (C=O) groups excluding carboxylic acids is 1. The van der Waals surface area contributed by atoms with E-state index in [1.807, 2.05) is 0 Å². The van der Waals surface area contributed by atoms with Gasteiger partial charge in [0.05, 0.1) is 6.61 Å². The Kier molecular flexibility index (Phi) is 5.25. The first-order valence-corrected chi connectivity index (χ1v) is 6.82. The van der Waals surface area contributed by atoms with Crippen molar-refractivity contribution in [1.82, 2.24) is 4.90 Å². The Bertz CT molecular complexity index is 239. The third-order valence-corrected chi connectivity index (χ3v) is 4.28. The molecule has 1 fully saturated rings. The van der Waals surface area contributed by atoms with Gasteiger partial charge in [-0.25, -0.2) is 0 Å².